The van der Waals surface area contributed by atoms with Crippen molar-refractivity contribution >= 4 is 22.6 Å². The van der Waals surface area contributed by atoms with E-state index in [1.54, 1.807) is 0 Å². The average molecular weight is 375 g/mol. The number of aryl methyl sites for hydroxylation is 1. The van der Waals surface area contributed by atoms with E-state index in [0.717, 1.165) is 23.8 Å². The van der Waals surface area contributed by atoms with Gasteiger partial charge in [0, 0.05) is 43.0 Å². The van der Waals surface area contributed by atoms with Crippen LogP contribution in [0.1, 0.15) is 57.5 Å². The van der Waals surface area contributed by atoms with E-state index in [9.17, 15) is 4.79 Å². The normalized spacial score (nSPS) is 12.2. The maximum Gasteiger partial charge on any atom is 0.221 e. The lowest BCUT2D eigenvalue weighted by atomic mass is 10.1. The van der Waals surface area contributed by atoms with Crippen molar-refractivity contribution in [3.05, 3.63) is 41.2 Å². The highest BCUT2D eigenvalue weighted by Gasteiger charge is 2.19. The van der Waals surface area contributed by atoms with Crippen LogP contribution < -0.4 is 10.2 Å². The number of amides is 1. The van der Waals surface area contributed by atoms with E-state index in [2.05, 4.69) is 59.6 Å². The molecule has 1 N–H and O–H groups in total. The third-order valence-corrected chi connectivity index (χ3v) is 5.13. The van der Waals surface area contributed by atoms with E-state index in [1.807, 2.05) is 13.8 Å². The molecule has 1 heterocycles. The second-order valence-corrected chi connectivity index (χ2v) is 7.81. The SMILES string of the molecule is CC[C@H](C)N(CCC(=O)NC(C)C)c1nc(Cc2ccc(C)cc2)ns1. The van der Waals surface area contributed by atoms with Crippen LogP contribution in [-0.4, -0.2) is 33.9 Å². The number of carbonyl (C=O) groups excluding carboxylic acids is 1. The van der Waals surface area contributed by atoms with Gasteiger partial charge in [0.15, 0.2) is 0 Å². The Hall–Kier alpha value is -1.95. The molecule has 1 atom stereocenters. The maximum atomic E-state index is 12.0. The first-order chi connectivity index (χ1) is 12.4. The molecule has 0 saturated heterocycles. The van der Waals surface area contributed by atoms with E-state index in [1.165, 1.54) is 22.7 Å². The number of nitrogens with one attached hydrogen (secondary N) is 1. The predicted octanol–water partition coefficient (Wildman–Crippen LogP) is 3.96. The Bertz CT molecular complexity index is 696. The zero-order chi connectivity index (χ0) is 19.1. The largest absolute Gasteiger partial charge is 0.354 e. The van der Waals surface area contributed by atoms with Crippen LogP contribution >= 0.6 is 11.5 Å². The van der Waals surface area contributed by atoms with E-state index in [0.29, 0.717) is 19.0 Å². The number of aromatic nitrogens is 2. The summed E-state index contributed by atoms with van der Waals surface area (Å²) in [5, 5.41) is 3.85. The average Bonchev–Trinajstić information content (AvgIpc) is 3.04. The summed E-state index contributed by atoms with van der Waals surface area (Å²) >= 11 is 1.42. The van der Waals surface area contributed by atoms with Crippen LogP contribution in [0.2, 0.25) is 0 Å². The highest BCUT2D eigenvalue weighted by molar-refractivity contribution is 7.09. The molecule has 1 amide bonds. The fourth-order valence-corrected chi connectivity index (χ4v) is 3.48. The maximum absolute atomic E-state index is 12.0. The molecule has 0 fully saturated rings. The van der Waals surface area contributed by atoms with Gasteiger partial charge in [-0.05, 0) is 39.7 Å². The van der Waals surface area contributed by atoms with Crippen LogP contribution in [0.15, 0.2) is 24.3 Å². The Morgan fingerprint density at radius 1 is 1.23 bits per heavy atom. The Morgan fingerprint density at radius 2 is 1.92 bits per heavy atom. The van der Waals surface area contributed by atoms with Crippen LogP contribution in [0, 0.1) is 6.92 Å². The lowest BCUT2D eigenvalue weighted by Crippen LogP contribution is -2.38. The topological polar surface area (TPSA) is 58.1 Å². The molecular weight excluding hydrogens is 344 g/mol. The van der Waals surface area contributed by atoms with Gasteiger partial charge >= 0.3 is 0 Å². The number of benzene rings is 1. The standard InChI is InChI=1S/C20H30N4OS/c1-6-16(5)24(12-11-19(25)21-14(2)3)20-22-18(23-26-20)13-17-9-7-15(4)8-10-17/h7-10,14,16H,6,11-13H2,1-5H3,(H,21,25)/t16-/m0/s1. The first-order valence-corrected chi connectivity index (χ1v) is 10.1. The van der Waals surface area contributed by atoms with Crippen molar-refractivity contribution in [1.82, 2.24) is 14.7 Å². The van der Waals surface area contributed by atoms with Gasteiger partial charge in [0.1, 0.15) is 5.82 Å². The molecule has 2 rings (SSSR count). The van der Waals surface area contributed by atoms with Crippen LogP contribution in [-0.2, 0) is 11.2 Å². The monoisotopic (exact) mass is 374 g/mol. The summed E-state index contributed by atoms with van der Waals surface area (Å²) < 4.78 is 4.54. The summed E-state index contributed by atoms with van der Waals surface area (Å²) in [5.41, 5.74) is 2.47. The van der Waals surface area contributed by atoms with Gasteiger partial charge in [-0.15, -0.1) is 0 Å². The molecule has 0 aliphatic carbocycles. The number of rotatable bonds is 9. The van der Waals surface area contributed by atoms with E-state index < -0.39 is 0 Å². The van der Waals surface area contributed by atoms with Gasteiger partial charge in [0.2, 0.25) is 11.0 Å². The summed E-state index contributed by atoms with van der Waals surface area (Å²) in [6.45, 7) is 11.0. The van der Waals surface area contributed by atoms with E-state index >= 15 is 0 Å². The molecule has 0 spiro atoms. The molecule has 0 aliphatic rings. The third kappa shape index (κ3) is 6.09. The molecule has 2 aromatic rings. The summed E-state index contributed by atoms with van der Waals surface area (Å²) in [6, 6.07) is 8.96. The zero-order valence-corrected chi connectivity index (χ0v) is 17.3. The van der Waals surface area contributed by atoms with Gasteiger partial charge in [0.25, 0.3) is 0 Å². The Labute approximate surface area is 161 Å². The summed E-state index contributed by atoms with van der Waals surface area (Å²) in [7, 11) is 0. The predicted molar refractivity (Wildman–Crippen MR) is 109 cm³/mol. The van der Waals surface area contributed by atoms with Crippen molar-refractivity contribution in [2.45, 2.75) is 66.0 Å². The quantitative estimate of drug-likeness (QED) is 0.722. The second kappa shape index (κ2) is 9.67. The molecule has 1 aromatic carbocycles. The minimum absolute atomic E-state index is 0.0812. The fourth-order valence-electron chi connectivity index (χ4n) is 2.66. The molecule has 0 bridgehead atoms. The molecule has 0 radical (unpaired) electrons. The molecule has 26 heavy (non-hydrogen) atoms. The van der Waals surface area contributed by atoms with Gasteiger partial charge in [-0.3, -0.25) is 4.79 Å². The van der Waals surface area contributed by atoms with Crippen molar-refractivity contribution in [1.29, 1.82) is 0 Å². The van der Waals surface area contributed by atoms with Gasteiger partial charge < -0.3 is 10.2 Å². The second-order valence-electron chi connectivity index (χ2n) is 7.08. The zero-order valence-electron chi connectivity index (χ0n) is 16.5. The van der Waals surface area contributed by atoms with Crippen LogP contribution in [0.5, 0.6) is 0 Å². The lowest BCUT2D eigenvalue weighted by Gasteiger charge is -2.27. The molecular formula is C20H30N4OS. The molecule has 0 aliphatic heterocycles. The molecule has 0 unspecified atom stereocenters. The van der Waals surface area contributed by atoms with Crippen molar-refractivity contribution < 1.29 is 4.79 Å². The molecule has 0 saturated carbocycles. The van der Waals surface area contributed by atoms with Gasteiger partial charge in [-0.1, -0.05) is 36.8 Å². The van der Waals surface area contributed by atoms with E-state index in [-0.39, 0.29) is 11.9 Å². The Morgan fingerprint density at radius 3 is 2.54 bits per heavy atom. The van der Waals surface area contributed by atoms with Gasteiger partial charge in [0.05, 0.1) is 0 Å². The number of hydrogen-bond acceptors (Lipinski definition) is 5. The van der Waals surface area contributed by atoms with Crippen molar-refractivity contribution in [3.63, 3.8) is 0 Å². The summed E-state index contributed by atoms with van der Waals surface area (Å²) in [6.07, 6.45) is 2.20. The third-order valence-electron chi connectivity index (χ3n) is 4.34. The number of nitrogens with zero attached hydrogens (tertiary/aromatic N) is 3. The van der Waals surface area contributed by atoms with Crippen LogP contribution in [0.4, 0.5) is 5.13 Å². The number of hydrogen-bond donors (Lipinski definition) is 1. The summed E-state index contributed by atoms with van der Waals surface area (Å²) in [5.74, 6) is 0.923. The minimum Gasteiger partial charge on any atom is -0.354 e. The molecule has 6 heteroatoms. The van der Waals surface area contributed by atoms with Gasteiger partial charge in [-0.2, -0.15) is 4.37 Å². The van der Waals surface area contributed by atoms with Crippen molar-refractivity contribution in [3.8, 4) is 0 Å². The van der Waals surface area contributed by atoms with Crippen molar-refractivity contribution in [2.24, 2.45) is 0 Å². The Balaban J connectivity index is 2.04. The number of anilines is 1. The Kier molecular flexibility index (Phi) is 7.57. The smallest absolute Gasteiger partial charge is 0.221 e. The minimum atomic E-state index is 0.0812. The summed E-state index contributed by atoms with van der Waals surface area (Å²) in [4.78, 5) is 18.9. The lowest BCUT2D eigenvalue weighted by molar-refractivity contribution is -0.121. The highest BCUT2D eigenvalue weighted by atomic mass is 32.1. The molecule has 1 aromatic heterocycles. The van der Waals surface area contributed by atoms with Crippen LogP contribution in [0.25, 0.3) is 0 Å². The highest BCUT2D eigenvalue weighted by Crippen LogP contribution is 2.22. The number of carbonyl (C=O) groups is 1. The first-order valence-electron chi connectivity index (χ1n) is 9.33. The fraction of sp³-hybridized carbons (Fsp3) is 0.550. The van der Waals surface area contributed by atoms with Crippen molar-refractivity contribution in [2.75, 3.05) is 11.4 Å². The van der Waals surface area contributed by atoms with Crippen LogP contribution in [0.3, 0.4) is 0 Å². The molecule has 5 nitrogen and oxygen atoms in total. The van der Waals surface area contributed by atoms with Gasteiger partial charge in [-0.25, -0.2) is 4.98 Å². The van der Waals surface area contributed by atoms with E-state index in [4.69, 9.17) is 4.98 Å². The molecule has 142 valence electrons. The first kappa shape index (κ1) is 20.4.